The molecule has 0 radical (unpaired) electrons. The maximum Gasteiger partial charge on any atom is 0.343 e. The van der Waals surface area contributed by atoms with Gasteiger partial charge in [-0.3, -0.25) is 9.69 Å². The van der Waals surface area contributed by atoms with E-state index in [0.717, 1.165) is 12.0 Å². The zero-order valence-electron chi connectivity index (χ0n) is 14.3. The van der Waals surface area contributed by atoms with Crippen LogP contribution in [-0.2, 0) is 14.3 Å². The predicted octanol–water partition coefficient (Wildman–Crippen LogP) is 1.71. The number of carbonyl (C=O) groups is 2. The van der Waals surface area contributed by atoms with Gasteiger partial charge in [0, 0.05) is 6.54 Å². The molecular formula is C17H20N2O5S. The van der Waals surface area contributed by atoms with Crippen LogP contribution in [0.15, 0.2) is 23.9 Å². The first-order chi connectivity index (χ1) is 12.0. The maximum atomic E-state index is 12.3. The number of carbonyl (C=O) groups excluding carboxylic acids is 2. The van der Waals surface area contributed by atoms with E-state index in [1.165, 1.54) is 19.1 Å². The molecule has 1 aliphatic rings. The second-order valence-electron chi connectivity index (χ2n) is 5.22. The highest BCUT2D eigenvalue weighted by Gasteiger charge is 2.29. The summed E-state index contributed by atoms with van der Waals surface area (Å²) in [6.07, 6.45) is 2.51. The normalized spacial score (nSPS) is 15.3. The van der Waals surface area contributed by atoms with Crippen LogP contribution < -0.4 is 14.8 Å². The Morgan fingerprint density at radius 2 is 2.08 bits per heavy atom. The van der Waals surface area contributed by atoms with Gasteiger partial charge in [0.05, 0.1) is 14.2 Å². The number of ether oxygens (including phenoxy) is 3. The zero-order valence-corrected chi connectivity index (χ0v) is 15.1. The molecule has 8 heteroatoms. The van der Waals surface area contributed by atoms with Crippen LogP contribution in [0.2, 0.25) is 0 Å². The van der Waals surface area contributed by atoms with Crippen LogP contribution in [0.5, 0.6) is 11.5 Å². The molecule has 0 saturated carbocycles. The van der Waals surface area contributed by atoms with Gasteiger partial charge < -0.3 is 19.5 Å². The number of nitrogens with zero attached hydrogens (tertiary/aromatic N) is 1. The molecule has 2 rings (SSSR count). The van der Waals surface area contributed by atoms with Crippen molar-refractivity contribution in [2.75, 3.05) is 27.4 Å². The Morgan fingerprint density at radius 1 is 1.32 bits per heavy atom. The number of benzene rings is 1. The molecule has 1 amide bonds. The summed E-state index contributed by atoms with van der Waals surface area (Å²) in [7, 11) is 2.78. The van der Waals surface area contributed by atoms with E-state index in [4.69, 9.17) is 21.7 Å². The lowest BCUT2D eigenvalue weighted by atomic mass is 10.1. The number of nitrogens with one attached hydrogen (secondary N) is 1. The standard InChI is InChI=1S/C17H20N2O5S/c1-4-7-19-16(21)12(18-17(19)25)8-11-5-6-13(14(9-11)22-2)24-10-15(20)23-3/h5-6,8-9H,4,7,10H2,1-3H3,(H,18,25)/b12-8-. The lowest BCUT2D eigenvalue weighted by molar-refractivity contribution is -0.142. The van der Waals surface area contributed by atoms with E-state index < -0.39 is 5.97 Å². The highest BCUT2D eigenvalue weighted by Crippen LogP contribution is 2.29. The second kappa shape index (κ2) is 8.48. The van der Waals surface area contributed by atoms with Crippen molar-refractivity contribution in [1.82, 2.24) is 10.2 Å². The second-order valence-corrected chi connectivity index (χ2v) is 5.61. The van der Waals surface area contributed by atoms with Crippen LogP contribution in [0.1, 0.15) is 18.9 Å². The minimum atomic E-state index is -0.487. The monoisotopic (exact) mass is 364 g/mol. The van der Waals surface area contributed by atoms with Crippen molar-refractivity contribution in [3.05, 3.63) is 29.5 Å². The molecule has 1 fully saturated rings. The van der Waals surface area contributed by atoms with Gasteiger partial charge in [0.2, 0.25) is 0 Å². The largest absolute Gasteiger partial charge is 0.493 e. The van der Waals surface area contributed by atoms with Gasteiger partial charge in [-0.05, 0) is 42.4 Å². The third-order valence-electron chi connectivity index (χ3n) is 3.48. The Morgan fingerprint density at radius 3 is 2.72 bits per heavy atom. The molecule has 1 saturated heterocycles. The zero-order chi connectivity index (χ0) is 18.4. The van der Waals surface area contributed by atoms with E-state index in [-0.39, 0.29) is 12.5 Å². The molecule has 0 aliphatic carbocycles. The summed E-state index contributed by atoms with van der Waals surface area (Å²) in [6, 6.07) is 5.12. The molecule has 0 bridgehead atoms. The summed E-state index contributed by atoms with van der Waals surface area (Å²) >= 11 is 5.18. The Labute approximate surface area is 151 Å². The molecule has 7 nitrogen and oxygen atoms in total. The molecule has 0 aromatic heterocycles. The van der Waals surface area contributed by atoms with E-state index in [1.54, 1.807) is 24.3 Å². The third kappa shape index (κ3) is 4.48. The Kier molecular flexibility index (Phi) is 6.35. The average molecular weight is 364 g/mol. The van der Waals surface area contributed by atoms with Gasteiger partial charge in [0.15, 0.2) is 23.2 Å². The van der Waals surface area contributed by atoms with Crippen LogP contribution in [-0.4, -0.2) is 49.3 Å². The summed E-state index contributed by atoms with van der Waals surface area (Å²) in [5, 5.41) is 3.33. The molecule has 134 valence electrons. The number of hydrogen-bond acceptors (Lipinski definition) is 6. The number of esters is 1. The van der Waals surface area contributed by atoms with Gasteiger partial charge in [-0.2, -0.15) is 0 Å². The number of methoxy groups -OCH3 is 2. The van der Waals surface area contributed by atoms with Gasteiger partial charge in [0.25, 0.3) is 5.91 Å². The first-order valence-electron chi connectivity index (χ1n) is 7.72. The molecule has 0 unspecified atom stereocenters. The predicted molar refractivity (Wildman–Crippen MR) is 96.2 cm³/mol. The number of thiocarbonyl (C=S) groups is 1. The minimum Gasteiger partial charge on any atom is -0.493 e. The topological polar surface area (TPSA) is 77.1 Å². The van der Waals surface area contributed by atoms with Gasteiger partial charge in [-0.25, -0.2) is 4.79 Å². The summed E-state index contributed by atoms with van der Waals surface area (Å²) < 4.78 is 15.2. The third-order valence-corrected chi connectivity index (χ3v) is 3.80. The summed E-state index contributed by atoms with van der Waals surface area (Å²) in [5.41, 5.74) is 1.14. The fourth-order valence-electron chi connectivity index (χ4n) is 2.25. The quantitative estimate of drug-likeness (QED) is 0.448. The van der Waals surface area contributed by atoms with Crippen molar-refractivity contribution in [2.24, 2.45) is 0 Å². The van der Waals surface area contributed by atoms with E-state index >= 15 is 0 Å². The smallest absolute Gasteiger partial charge is 0.343 e. The molecule has 1 aliphatic heterocycles. The molecule has 0 spiro atoms. The first-order valence-corrected chi connectivity index (χ1v) is 8.13. The van der Waals surface area contributed by atoms with Crippen molar-refractivity contribution >= 4 is 35.3 Å². The molecule has 1 aromatic carbocycles. The average Bonchev–Trinajstić information content (AvgIpc) is 2.87. The number of hydrogen-bond donors (Lipinski definition) is 1. The SMILES string of the molecule is CCCN1C(=O)/C(=C/c2ccc(OCC(=O)OC)c(OC)c2)NC1=S. The van der Waals surface area contributed by atoms with Gasteiger partial charge >= 0.3 is 5.97 Å². The Bertz CT molecular complexity index is 717. The van der Waals surface area contributed by atoms with Crippen molar-refractivity contribution < 1.29 is 23.8 Å². The van der Waals surface area contributed by atoms with Gasteiger partial charge in [-0.15, -0.1) is 0 Å². The van der Waals surface area contributed by atoms with E-state index in [0.29, 0.717) is 28.9 Å². The van der Waals surface area contributed by atoms with Gasteiger partial charge in [0.1, 0.15) is 5.70 Å². The molecule has 1 heterocycles. The van der Waals surface area contributed by atoms with Crippen LogP contribution >= 0.6 is 12.2 Å². The first kappa shape index (κ1) is 18.7. The fraction of sp³-hybridized carbons (Fsp3) is 0.353. The lowest BCUT2D eigenvalue weighted by Crippen LogP contribution is -2.31. The molecular weight excluding hydrogens is 344 g/mol. The number of amides is 1. The van der Waals surface area contributed by atoms with Crippen molar-refractivity contribution in [3.8, 4) is 11.5 Å². The molecule has 1 N–H and O–H groups in total. The molecule has 0 atom stereocenters. The summed E-state index contributed by atoms with van der Waals surface area (Å²) in [5.74, 6) is 0.205. The Hall–Kier alpha value is -2.61. The van der Waals surface area contributed by atoms with Crippen molar-refractivity contribution in [1.29, 1.82) is 0 Å². The lowest BCUT2D eigenvalue weighted by Gasteiger charge is -2.11. The van der Waals surface area contributed by atoms with Crippen molar-refractivity contribution in [2.45, 2.75) is 13.3 Å². The van der Waals surface area contributed by atoms with Crippen LogP contribution in [0.25, 0.3) is 6.08 Å². The van der Waals surface area contributed by atoms with E-state index in [2.05, 4.69) is 10.1 Å². The fourth-order valence-corrected chi connectivity index (χ4v) is 2.54. The maximum absolute atomic E-state index is 12.3. The van der Waals surface area contributed by atoms with Crippen LogP contribution in [0.3, 0.4) is 0 Å². The molecule has 1 aromatic rings. The van der Waals surface area contributed by atoms with Crippen LogP contribution in [0.4, 0.5) is 0 Å². The highest BCUT2D eigenvalue weighted by molar-refractivity contribution is 7.80. The Balaban J connectivity index is 2.19. The highest BCUT2D eigenvalue weighted by atomic mass is 32.1. The summed E-state index contributed by atoms with van der Waals surface area (Å²) in [4.78, 5) is 25.0. The molecule has 25 heavy (non-hydrogen) atoms. The van der Waals surface area contributed by atoms with Crippen LogP contribution in [0, 0.1) is 0 Å². The van der Waals surface area contributed by atoms with Gasteiger partial charge in [-0.1, -0.05) is 13.0 Å². The van der Waals surface area contributed by atoms with E-state index in [1.807, 2.05) is 6.92 Å². The van der Waals surface area contributed by atoms with Crippen molar-refractivity contribution in [3.63, 3.8) is 0 Å². The van der Waals surface area contributed by atoms with E-state index in [9.17, 15) is 9.59 Å². The minimum absolute atomic E-state index is 0.156. The number of rotatable bonds is 7. The summed E-state index contributed by atoms with van der Waals surface area (Å²) in [6.45, 7) is 2.34.